The summed E-state index contributed by atoms with van der Waals surface area (Å²) < 4.78 is 0. The van der Waals surface area contributed by atoms with Crippen LogP contribution in [0.3, 0.4) is 0 Å². The van der Waals surface area contributed by atoms with Crippen molar-refractivity contribution < 1.29 is 4.79 Å². The van der Waals surface area contributed by atoms with Crippen LogP contribution in [0.25, 0.3) is 6.08 Å². The largest absolute Gasteiger partial charge is 0.338 e. The first-order valence-corrected chi connectivity index (χ1v) is 7.03. The molecule has 0 aromatic heterocycles. The second-order valence-electron chi connectivity index (χ2n) is 5.15. The van der Waals surface area contributed by atoms with Crippen molar-refractivity contribution in [2.75, 3.05) is 0 Å². The summed E-state index contributed by atoms with van der Waals surface area (Å²) in [4.78, 5) is 14.0. The van der Waals surface area contributed by atoms with E-state index in [0.717, 1.165) is 10.6 Å². The number of halogens is 1. The molecule has 0 aliphatic heterocycles. The van der Waals surface area contributed by atoms with E-state index in [1.54, 1.807) is 0 Å². The second kappa shape index (κ2) is 7.34. The molecule has 0 spiro atoms. The van der Waals surface area contributed by atoms with E-state index in [1.165, 1.54) is 0 Å². The molecule has 0 saturated carbocycles. The molecule has 0 bridgehead atoms. The number of hydrogen-bond donors (Lipinski definition) is 0. The van der Waals surface area contributed by atoms with Gasteiger partial charge in [-0.1, -0.05) is 35.9 Å². The molecule has 1 amide bonds. The van der Waals surface area contributed by atoms with Gasteiger partial charge in [0, 0.05) is 23.5 Å². The lowest BCUT2D eigenvalue weighted by Crippen LogP contribution is -2.41. The fourth-order valence-electron chi connectivity index (χ4n) is 2.15. The highest BCUT2D eigenvalue weighted by molar-refractivity contribution is 6.30. The van der Waals surface area contributed by atoms with Gasteiger partial charge in [-0.25, -0.2) is 0 Å². The van der Waals surface area contributed by atoms with Crippen LogP contribution < -0.4 is 0 Å². The van der Waals surface area contributed by atoms with Crippen LogP contribution in [0.2, 0.25) is 5.02 Å². The van der Waals surface area contributed by atoms with Crippen molar-refractivity contribution in [3.8, 4) is 0 Å². The summed E-state index contributed by atoms with van der Waals surface area (Å²) in [5.74, 6) is 0.162. The third-order valence-electron chi connectivity index (χ3n) is 2.87. The lowest BCUT2D eigenvalue weighted by Gasteiger charge is -2.30. The molecule has 0 saturated heterocycles. The van der Waals surface area contributed by atoms with E-state index in [9.17, 15) is 4.79 Å². The maximum atomic E-state index is 12.1. The summed E-state index contributed by atoms with van der Waals surface area (Å²) in [7, 11) is 0. The Morgan fingerprint density at radius 1 is 1.16 bits per heavy atom. The van der Waals surface area contributed by atoms with E-state index >= 15 is 0 Å². The monoisotopic (exact) mass is 279 g/mol. The molecule has 1 rings (SSSR count). The Kier molecular flexibility index (Phi) is 6.10. The quantitative estimate of drug-likeness (QED) is 0.783. The summed E-state index contributed by atoms with van der Waals surface area (Å²) in [6.45, 7) is 8.17. The van der Waals surface area contributed by atoms with Gasteiger partial charge in [-0.2, -0.15) is 0 Å². The average molecular weight is 280 g/mol. The molecule has 0 aliphatic rings. The maximum Gasteiger partial charge on any atom is 0.226 e. The third-order valence-corrected chi connectivity index (χ3v) is 3.13. The van der Waals surface area contributed by atoms with E-state index in [2.05, 4.69) is 0 Å². The van der Waals surface area contributed by atoms with Crippen LogP contribution in [-0.4, -0.2) is 22.9 Å². The molecule has 3 heteroatoms. The molecule has 2 nitrogen and oxygen atoms in total. The molecule has 0 unspecified atom stereocenters. The zero-order valence-electron chi connectivity index (χ0n) is 12.1. The van der Waals surface area contributed by atoms with Crippen molar-refractivity contribution >= 4 is 23.6 Å². The van der Waals surface area contributed by atoms with Crippen LogP contribution in [-0.2, 0) is 4.79 Å². The highest BCUT2D eigenvalue weighted by atomic mass is 35.5. The van der Waals surface area contributed by atoms with E-state index in [1.807, 2.05) is 69.0 Å². The summed E-state index contributed by atoms with van der Waals surface area (Å²) in [5, 5.41) is 0.721. The molecule has 0 fully saturated rings. The standard InChI is InChI=1S/C16H22ClNO/c1-12(2)18(13(3)4)16(19)7-5-6-14-8-10-15(17)11-9-14/h5-6,8-13H,7H2,1-4H3/b6-5+. The Morgan fingerprint density at radius 2 is 1.68 bits per heavy atom. The van der Waals surface area contributed by atoms with Crippen molar-refractivity contribution in [2.24, 2.45) is 0 Å². The van der Waals surface area contributed by atoms with Crippen molar-refractivity contribution in [3.05, 3.63) is 40.9 Å². The first kappa shape index (κ1) is 15.8. The Morgan fingerprint density at radius 3 is 2.16 bits per heavy atom. The molecule has 1 aromatic carbocycles. The number of amides is 1. The van der Waals surface area contributed by atoms with Gasteiger partial charge in [0.05, 0.1) is 0 Å². The molecular weight excluding hydrogens is 258 g/mol. The number of rotatable bonds is 5. The predicted molar refractivity (Wildman–Crippen MR) is 82.2 cm³/mol. The van der Waals surface area contributed by atoms with Gasteiger partial charge >= 0.3 is 0 Å². The first-order valence-electron chi connectivity index (χ1n) is 6.65. The maximum absolute atomic E-state index is 12.1. The van der Waals surface area contributed by atoms with Gasteiger partial charge < -0.3 is 4.90 Å². The molecule has 0 aliphatic carbocycles. The fraction of sp³-hybridized carbons (Fsp3) is 0.438. The molecule has 104 valence electrons. The van der Waals surface area contributed by atoms with E-state index in [-0.39, 0.29) is 18.0 Å². The topological polar surface area (TPSA) is 20.3 Å². The number of hydrogen-bond acceptors (Lipinski definition) is 1. The summed E-state index contributed by atoms with van der Waals surface area (Å²) in [6, 6.07) is 8.03. The van der Waals surface area contributed by atoms with Gasteiger partial charge in [0.15, 0.2) is 0 Å². The van der Waals surface area contributed by atoms with Crippen LogP contribution >= 0.6 is 11.6 Å². The van der Waals surface area contributed by atoms with Crippen LogP contribution in [0, 0.1) is 0 Å². The van der Waals surface area contributed by atoms with Crippen molar-refractivity contribution in [2.45, 2.75) is 46.2 Å². The van der Waals surface area contributed by atoms with Crippen molar-refractivity contribution in [1.82, 2.24) is 4.90 Å². The Bertz CT molecular complexity index is 427. The zero-order valence-corrected chi connectivity index (χ0v) is 12.8. The molecule has 19 heavy (non-hydrogen) atoms. The third kappa shape index (κ3) is 5.07. The lowest BCUT2D eigenvalue weighted by atomic mass is 10.1. The number of nitrogens with zero attached hydrogens (tertiary/aromatic N) is 1. The van der Waals surface area contributed by atoms with Gasteiger partial charge in [-0.3, -0.25) is 4.79 Å². The molecule has 1 aromatic rings. The van der Waals surface area contributed by atoms with Gasteiger partial charge in [0.1, 0.15) is 0 Å². The van der Waals surface area contributed by atoms with Gasteiger partial charge in [-0.05, 0) is 45.4 Å². The normalized spacial score (nSPS) is 11.5. The van der Waals surface area contributed by atoms with Gasteiger partial charge in [0.2, 0.25) is 5.91 Å². The first-order chi connectivity index (χ1) is 8.91. The van der Waals surface area contributed by atoms with Crippen molar-refractivity contribution in [1.29, 1.82) is 0 Å². The molecule has 0 N–H and O–H groups in total. The van der Waals surface area contributed by atoms with Crippen LogP contribution in [0.5, 0.6) is 0 Å². The highest BCUT2D eigenvalue weighted by Crippen LogP contribution is 2.12. The van der Waals surface area contributed by atoms with E-state index in [4.69, 9.17) is 11.6 Å². The highest BCUT2D eigenvalue weighted by Gasteiger charge is 2.18. The minimum atomic E-state index is 0.162. The predicted octanol–water partition coefficient (Wildman–Crippen LogP) is 4.39. The molecule has 0 radical (unpaired) electrons. The smallest absolute Gasteiger partial charge is 0.226 e. The summed E-state index contributed by atoms with van der Waals surface area (Å²) >= 11 is 5.82. The minimum Gasteiger partial charge on any atom is -0.338 e. The van der Waals surface area contributed by atoms with Gasteiger partial charge in [-0.15, -0.1) is 0 Å². The molecule has 0 heterocycles. The minimum absolute atomic E-state index is 0.162. The van der Waals surface area contributed by atoms with Crippen LogP contribution in [0.4, 0.5) is 0 Å². The zero-order chi connectivity index (χ0) is 14.4. The van der Waals surface area contributed by atoms with Crippen molar-refractivity contribution in [3.63, 3.8) is 0 Å². The lowest BCUT2D eigenvalue weighted by molar-refractivity contribution is -0.133. The Hall–Kier alpha value is -1.28. The number of benzene rings is 1. The Balaban J connectivity index is 2.60. The molecular formula is C16H22ClNO. The second-order valence-corrected chi connectivity index (χ2v) is 5.58. The fourth-order valence-corrected chi connectivity index (χ4v) is 2.27. The molecule has 0 atom stereocenters. The number of carbonyl (C=O) groups is 1. The Labute approximate surface area is 121 Å². The average Bonchev–Trinajstić information content (AvgIpc) is 2.30. The SMILES string of the molecule is CC(C)N(C(=O)C/C=C/c1ccc(Cl)cc1)C(C)C. The van der Waals surface area contributed by atoms with E-state index in [0.29, 0.717) is 6.42 Å². The van der Waals surface area contributed by atoms with Crippen LogP contribution in [0.1, 0.15) is 39.7 Å². The van der Waals surface area contributed by atoms with E-state index < -0.39 is 0 Å². The summed E-state index contributed by atoms with van der Waals surface area (Å²) in [5.41, 5.74) is 1.05. The summed E-state index contributed by atoms with van der Waals surface area (Å²) in [6.07, 6.45) is 4.29. The van der Waals surface area contributed by atoms with Crippen LogP contribution in [0.15, 0.2) is 30.3 Å². The van der Waals surface area contributed by atoms with Gasteiger partial charge in [0.25, 0.3) is 0 Å². The number of carbonyl (C=O) groups excluding carboxylic acids is 1.